The van der Waals surface area contributed by atoms with Crippen LogP contribution in [0.4, 0.5) is 5.69 Å². The van der Waals surface area contributed by atoms with Gasteiger partial charge in [0.05, 0.1) is 16.9 Å². The second-order valence-corrected chi connectivity index (χ2v) is 6.29. The average molecular weight is 290 g/mol. The first-order valence-corrected chi connectivity index (χ1v) is 7.43. The van der Waals surface area contributed by atoms with Gasteiger partial charge < -0.3 is 10.6 Å². The number of fused-ring (bicyclic) bond motifs is 4. The van der Waals surface area contributed by atoms with Crippen molar-refractivity contribution in [2.45, 2.75) is 19.4 Å². The molecule has 2 heterocycles. The maximum atomic E-state index is 6.23. The molecule has 2 N–H and O–H groups in total. The number of benzene rings is 2. The number of hydrogen-bond acceptors (Lipinski definition) is 3. The molecule has 0 radical (unpaired) electrons. The third-order valence-corrected chi connectivity index (χ3v) is 4.01. The van der Waals surface area contributed by atoms with Crippen molar-refractivity contribution >= 4 is 17.5 Å². The van der Waals surface area contributed by atoms with Crippen molar-refractivity contribution in [1.82, 2.24) is 0 Å². The number of hydrogen-bond donors (Lipinski definition) is 1. The summed E-state index contributed by atoms with van der Waals surface area (Å²) in [5.41, 5.74) is 8.91. The summed E-state index contributed by atoms with van der Waals surface area (Å²) in [4.78, 5) is 6.11. The van der Waals surface area contributed by atoms with Crippen molar-refractivity contribution in [3.05, 3.63) is 76.4 Å². The lowest BCUT2D eigenvalue weighted by molar-refractivity contribution is 0.192. The van der Waals surface area contributed by atoms with Crippen molar-refractivity contribution in [2.24, 2.45) is 5.73 Å². The zero-order chi connectivity index (χ0) is 15.3. The van der Waals surface area contributed by atoms with E-state index in [4.69, 9.17) is 10.6 Å². The molecular weight excluding hydrogens is 272 g/mol. The molecule has 0 unspecified atom stereocenters. The fourth-order valence-corrected chi connectivity index (χ4v) is 2.84. The van der Waals surface area contributed by atoms with Gasteiger partial charge in [-0.2, -0.15) is 5.06 Å². The Bertz CT molecular complexity index is 904. The van der Waals surface area contributed by atoms with Gasteiger partial charge in [0.1, 0.15) is 0 Å². The molecule has 2 aliphatic rings. The minimum atomic E-state index is -0.521. The molecule has 110 valence electrons. The van der Waals surface area contributed by atoms with E-state index >= 15 is 0 Å². The van der Waals surface area contributed by atoms with Crippen LogP contribution in [0.5, 0.6) is 0 Å². The van der Waals surface area contributed by atoms with E-state index in [1.54, 1.807) is 0 Å². The van der Waals surface area contributed by atoms with Crippen molar-refractivity contribution in [3.63, 3.8) is 0 Å². The van der Waals surface area contributed by atoms with Gasteiger partial charge in [-0.1, -0.05) is 42.5 Å². The maximum absolute atomic E-state index is 6.23. The molecule has 2 aromatic carbocycles. The summed E-state index contributed by atoms with van der Waals surface area (Å²) in [6.07, 6.45) is 4.25. The maximum Gasteiger partial charge on any atom is 0.154 e. The summed E-state index contributed by atoms with van der Waals surface area (Å²) in [7, 11) is 0. The molecule has 0 aliphatic carbocycles. The first-order chi connectivity index (χ1) is 10.5. The molecule has 2 aromatic rings. The highest BCUT2D eigenvalue weighted by molar-refractivity contribution is 5.82. The molecule has 22 heavy (non-hydrogen) atoms. The normalized spacial score (nSPS) is 15.9. The van der Waals surface area contributed by atoms with E-state index < -0.39 is 5.54 Å². The van der Waals surface area contributed by atoms with Crippen LogP contribution < -0.4 is 21.2 Å². The third-order valence-electron chi connectivity index (χ3n) is 4.01. The Kier molecular flexibility index (Phi) is 2.68. The molecule has 0 atom stereocenters. The van der Waals surface area contributed by atoms with Gasteiger partial charge in [0, 0.05) is 16.9 Å². The molecule has 0 saturated carbocycles. The quantitative estimate of drug-likeness (QED) is 0.873. The van der Waals surface area contributed by atoms with E-state index in [2.05, 4.69) is 42.5 Å². The lowest BCUT2D eigenvalue weighted by Crippen LogP contribution is -2.36. The standard InChI is InChI=1S/C19H18N2O/c1-19(2,20)18-12-17-15-9-5-3-7-13(15)11-14-8-4-6-10-16(14)21(17)22-18/h3-12H,20H2,1-2H3. The molecule has 0 aromatic heterocycles. The topological polar surface area (TPSA) is 38.5 Å². The fraction of sp³-hybridized carbons (Fsp3) is 0.158. The van der Waals surface area contributed by atoms with Gasteiger partial charge in [0.2, 0.25) is 0 Å². The zero-order valence-electron chi connectivity index (χ0n) is 12.7. The Morgan fingerprint density at radius 3 is 2.50 bits per heavy atom. The number of nitrogens with zero attached hydrogens (tertiary/aromatic N) is 1. The highest BCUT2D eigenvalue weighted by Crippen LogP contribution is 2.35. The molecule has 0 bridgehead atoms. The van der Waals surface area contributed by atoms with E-state index in [0.29, 0.717) is 0 Å². The molecule has 0 fully saturated rings. The van der Waals surface area contributed by atoms with Gasteiger partial charge >= 0.3 is 0 Å². The van der Waals surface area contributed by atoms with Crippen LogP contribution in [0.2, 0.25) is 0 Å². The molecular formula is C19H18N2O. The molecule has 0 saturated heterocycles. The average Bonchev–Trinajstić information content (AvgIpc) is 2.89. The predicted molar refractivity (Wildman–Crippen MR) is 89.0 cm³/mol. The van der Waals surface area contributed by atoms with Gasteiger partial charge in [-0.25, -0.2) is 0 Å². The SMILES string of the molecule is CC(C)(N)C1=CC2=c3ccccc3=Cc3ccccc3N2O1. The van der Waals surface area contributed by atoms with E-state index in [9.17, 15) is 0 Å². The Balaban J connectivity index is 2.07. The summed E-state index contributed by atoms with van der Waals surface area (Å²) < 4.78 is 0. The van der Waals surface area contributed by atoms with Gasteiger partial charge in [-0.15, -0.1) is 0 Å². The molecule has 0 amide bonds. The second kappa shape index (κ2) is 4.49. The van der Waals surface area contributed by atoms with Gasteiger partial charge in [-0.05, 0) is 31.2 Å². The van der Waals surface area contributed by atoms with Crippen LogP contribution in [0.25, 0.3) is 11.8 Å². The number of nitrogens with two attached hydrogens (primary N) is 1. The first kappa shape index (κ1) is 13.2. The van der Waals surface area contributed by atoms with Crippen LogP contribution in [0, 0.1) is 0 Å². The predicted octanol–water partition coefficient (Wildman–Crippen LogP) is 2.01. The smallest absolute Gasteiger partial charge is 0.154 e. The van der Waals surface area contributed by atoms with Crippen LogP contribution in [0.15, 0.2) is 60.4 Å². The Hall–Kier alpha value is -2.52. The lowest BCUT2D eigenvalue weighted by Gasteiger charge is -2.25. The molecule has 3 heteroatoms. The highest BCUT2D eigenvalue weighted by Gasteiger charge is 2.32. The monoisotopic (exact) mass is 290 g/mol. The van der Waals surface area contributed by atoms with E-state index in [-0.39, 0.29) is 0 Å². The van der Waals surface area contributed by atoms with Crippen molar-refractivity contribution < 1.29 is 4.84 Å². The van der Waals surface area contributed by atoms with Gasteiger partial charge in [-0.3, -0.25) is 0 Å². The first-order valence-electron chi connectivity index (χ1n) is 7.43. The van der Waals surface area contributed by atoms with Crippen LogP contribution >= 0.6 is 0 Å². The van der Waals surface area contributed by atoms with Crippen molar-refractivity contribution in [1.29, 1.82) is 0 Å². The fourth-order valence-electron chi connectivity index (χ4n) is 2.84. The van der Waals surface area contributed by atoms with Crippen molar-refractivity contribution in [3.8, 4) is 0 Å². The van der Waals surface area contributed by atoms with E-state index in [1.807, 2.05) is 37.1 Å². The molecule has 0 spiro atoms. The third kappa shape index (κ3) is 1.94. The van der Waals surface area contributed by atoms with Crippen molar-refractivity contribution in [2.75, 3.05) is 5.06 Å². The van der Waals surface area contributed by atoms with Crippen LogP contribution in [0.3, 0.4) is 0 Å². The zero-order valence-corrected chi connectivity index (χ0v) is 12.7. The van der Waals surface area contributed by atoms with E-state index in [1.165, 1.54) is 5.22 Å². The summed E-state index contributed by atoms with van der Waals surface area (Å²) in [5, 5.41) is 4.23. The Morgan fingerprint density at radius 2 is 1.68 bits per heavy atom. The molecule has 2 aliphatic heterocycles. The van der Waals surface area contributed by atoms with Crippen LogP contribution in [0.1, 0.15) is 19.4 Å². The molecule has 3 nitrogen and oxygen atoms in total. The minimum absolute atomic E-state index is 0.521. The highest BCUT2D eigenvalue weighted by atomic mass is 16.7. The summed E-state index contributed by atoms with van der Waals surface area (Å²) in [5.74, 6) is 0.772. The largest absolute Gasteiger partial charge is 0.377 e. The lowest BCUT2D eigenvalue weighted by atomic mass is 10.0. The second-order valence-electron chi connectivity index (χ2n) is 6.29. The number of rotatable bonds is 1. The number of para-hydroxylation sites is 1. The van der Waals surface area contributed by atoms with Crippen LogP contribution in [-0.4, -0.2) is 5.54 Å². The van der Waals surface area contributed by atoms with E-state index in [0.717, 1.165) is 27.9 Å². The van der Waals surface area contributed by atoms with Gasteiger partial charge in [0.15, 0.2) is 5.76 Å². The Morgan fingerprint density at radius 1 is 0.955 bits per heavy atom. The molecule has 4 rings (SSSR count). The Labute approximate surface area is 129 Å². The number of hydroxylamine groups is 1. The number of anilines is 1. The summed E-state index contributed by atoms with van der Waals surface area (Å²) >= 11 is 0. The summed E-state index contributed by atoms with van der Waals surface area (Å²) in [6.45, 7) is 3.91. The van der Waals surface area contributed by atoms with Crippen LogP contribution in [-0.2, 0) is 4.84 Å². The van der Waals surface area contributed by atoms with Gasteiger partial charge in [0.25, 0.3) is 0 Å². The minimum Gasteiger partial charge on any atom is -0.377 e. The summed E-state index contributed by atoms with van der Waals surface area (Å²) in [6, 6.07) is 16.6.